The average molecular weight is 355 g/mol. The van der Waals surface area contributed by atoms with Crippen molar-refractivity contribution in [2.45, 2.75) is 50.5 Å². The topological polar surface area (TPSA) is 92.7 Å². The Balaban J connectivity index is 1.96. The van der Waals surface area contributed by atoms with Gasteiger partial charge in [-0.05, 0) is 39.7 Å². The number of aromatic nitrogens is 1. The summed E-state index contributed by atoms with van der Waals surface area (Å²) in [6.07, 6.45) is 4.36. The third-order valence-corrected chi connectivity index (χ3v) is 5.59. The Labute approximate surface area is 143 Å². The number of aromatic amines is 1. The van der Waals surface area contributed by atoms with Gasteiger partial charge in [0.15, 0.2) is 6.54 Å². The Morgan fingerprint density at radius 3 is 2.42 bits per heavy atom. The van der Waals surface area contributed by atoms with Crippen LogP contribution < -0.4 is 15.6 Å². The molecule has 1 aromatic heterocycles. The zero-order valence-corrected chi connectivity index (χ0v) is 15.4. The van der Waals surface area contributed by atoms with Crippen molar-refractivity contribution in [3.8, 4) is 0 Å². The molecule has 0 saturated carbocycles. The van der Waals surface area contributed by atoms with Crippen LogP contribution in [0.5, 0.6) is 0 Å². The largest absolute Gasteiger partial charge is 0.348 e. The van der Waals surface area contributed by atoms with E-state index in [-0.39, 0.29) is 22.9 Å². The molecule has 8 heteroatoms. The van der Waals surface area contributed by atoms with Gasteiger partial charge in [0.2, 0.25) is 10.0 Å². The van der Waals surface area contributed by atoms with Crippen LogP contribution in [0.15, 0.2) is 23.2 Å². The van der Waals surface area contributed by atoms with Crippen LogP contribution in [-0.2, 0) is 14.8 Å². The van der Waals surface area contributed by atoms with Gasteiger partial charge in [-0.3, -0.25) is 10.1 Å². The number of carbonyl (C=O) groups excluding carboxylic acids is 1. The number of sulfonamides is 1. The van der Waals surface area contributed by atoms with Crippen molar-refractivity contribution in [3.05, 3.63) is 18.3 Å². The fraction of sp³-hybridized carbons (Fsp3) is 0.625. The van der Waals surface area contributed by atoms with Crippen LogP contribution in [-0.4, -0.2) is 43.8 Å². The third kappa shape index (κ3) is 5.17. The first kappa shape index (κ1) is 18.7. The van der Waals surface area contributed by atoms with Crippen LogP contribution in [0, 0.1) is 0 Å². The van der Waals surface area contributed by atoms with Gasteiger partial charge in [-0.2, -0.15) is 4.31 Å². The molecule has 1 aliphatic heterocycles. The highest BCUT2D eigenvalue weighted by Gasteiger charge is 2.27. The molecule has 0 radical (unpaired) electrons. The Morgan fingerprint density at radius 2 is 1.88 bits per heavy atom. The van der Waals surface area contributed by atoms with Crippen molar-refractivity contribution in [3.63, 3.8) is 0 Å². The maximum absolute atomic E-state index is 12.5. The van der Waals surface area contributed by atoms with Gasteiger partial charge in [0.1, 0.15) is 11.1 Å². The molecule has 0 aliphatic carbocycles. The molecule has 3 N–H and O–H groups in total. The van der Waals surface area contributed by atoms with Gasteiger partial charge in [0.25, 0.3) is 11.7 Å². The average Bonchev–Trinajstić information content (AvgIpc) is 2.52. The lowest BCUT2D eigenvalue weighted by atomic mass is 10.1. The molecule has 0 atom stereocenters. The Bertz CT molecular complexity index is 660. The molecule has 1 fully saturated rings. The van der Waals surface area contributed by atoms with Crippen molar-refractivity contribution in [2.24, 2.45) is 0 Å². The van der Waals surface area contributed by atoms with Crippen molar-refractivity contribution < 1.29 is 18.2 Å². The molecule has 134 valence electrons. The maximum Gasteiger partial charge on any atom is 0.272 e. The molecule has 2 heterocycles. The zero-order chi connectivity index (χ0) is 17.8. The van der Waals surface area contributed by atoms with Crippen molar-refractivity contribution >= 4 is 21.7 Å². The van der Waals surface area contributed by atoms with Gasteiger partial charge in [-0.1, -0.05) is 6.42 Å². The molecule has 7 nitrogen and oxygen atoms in total. The number of pyridine rings is 1. The Kier molecular flexibility index (Phi) is 5.82. The summed E-state index contributed by atoms with van der Waals surface area (Å²) >= 11 is 0. The van der Waals surface area contributed by atoms with E-state index in [2.05, 4.69) is 15.6 Å². The number of H-pyrrole nitrogens is 1. The molecule has 1 aromatic rings. The second-order valence-corrected chi connectivity index (χ2v) is 8.99. The van der Waals surface area contributed by atoms with Gasteiger partial charge in [0.05, 0.1) is 0 Å². The summed E-state index contributed by atoms with van der Waals surface area (Å²) in [5.41, 5.74) is -0.283. The van der Waals surface area contributed by atoms with Crippen LogP contribution in [0.4, 0.5) is 5.82 Å². The second-order valence-electron chi connectivity index (χ2n) is 7.05. The summed E-state index contributed by atoms with van der Waals surface area (Å²) < 4.78 is 26.6. The quantitative estimate of drug-likeness (QED) is 0.824. The molecule has 0 unspecified atom stereocenters. The number of carbonyl (C=O) groups is 1. The molecule has 1 aliphatic rings. The van der Waals surface area contributed by atoms with Gasteiger partial charge in [0, 0.05) is 24.7 Å². The number of nitrogens with zero attached hydrogens (tertiary/aromatic N) is 1. The molecular weight excluding hydrogens is 328 g/mol. The molecule has 0 spiro atoms. The van der Waals surface area contributed by atoms with E-state index < -0.39 is 10.0 Å². The first-order valence-corrected chi connectivity index (χ1v) is 9.69. The number of hydrogen-bond donors (Lipinski definition) is 2. The van der Waals surface area contributed by atoms with Gasteiger partial charge < -0.3 is 5.32 Å². The monoisotopic (exact) mass is 355 g/mol. The van der Waals surface area contributed by atoms with E-state index in [1.807, 2.05) is 20.8 Å². The molecule has 0 bridgehead atoms. The number of piperidine rings is 1. The highest BCUT2D eigenvalue weighted by Crippen LogP contribution is 2.19. The molecule has 2 rings (SSSR count). The summed E-state index contributed by atoms with van der Waals surface area (Å²) in [4.78, 5) is 14.9. The van der Waals surface area contributed by atoms with E-state index in [0.29, 0.717) is 18.9 Å². The standard InChI is InChI=1S/C16H26N4O3S/c1-16(2,3)19-15(21)12-18-14-8-7-13(11-17-14)24(22,23)20-9-5-4-6-10-20/h7-8,11H,4-6,9-10,12H2,1-3H3,(H,17,18)(H,19,21)/p+1. The fourth-order valence-electron chi connectivity index (χ4n) is 2.57. The Morgan fingerprint density at radius 1 is 1.21 bits per heavy atom. The first-order chi connectivity index (χ1) is 11.2. The van der Waals surface area contributed by atoms with Crippen LogP contribution in [0.1, 0.15) is 40.0 Å². The van der Waals surface area contributed by atoms with E-state index in [1.165, 1.54) is 10.5 Å². The van der Waals surface area contributed by atoms with E-state index in [4.69, 9.17) is 0 Å². The smallest absolute Gasteiger partial charge is 0.272 e. The lowest BCUT2D eigenvalue weighted by Gasteiger charge is -2.25. The number of rotatable bonds is 5. The molecule has 0 aromatic carbocycles. The summed E-state index contributed by atoms with van der Waals surface area (Å²) in [6, 6.07) is 3.20. The van der Waals surface area contributed by atoms with Crippen molar-refractivity contribution in [1.82, 2.24) is 9.62 Å². The van der Waals surface area contributed by atoms with E-state index >= 15 is 0 Å². The number of anilines is 1. The minimum absolute atomic E-state index is 0.117. The SMILES string of the molecule is CC(C)(C)NC(=O)CNc1ccc(S(=O)(=O)N2CCCCC2)c[nH+]1. The molecule has 1 amide bonds. The molecule has 24 heavy (non-hydrogen) atoms. The lowest BCUT2D eigenvalue weighted by molar-refractivity contribution is -0.364. The van der Waals surface area contributed by atoms with Crippen LogP contribution in [0.2, 0.25) is 0 Å². The van der Waals surface area contributed by atoms with Crippen molar-refractivity contribution in [1.29, 1.82) is 0 Å². The van der Waals surface area contributed by atoms with E-state index in [0.717, 1.165) is 19.3 Å². The van der Waals surface area contributed by atoms with Crippen molar-refractivity contribution in [2.75, 3.05) is 25.0 Å². The summed E-state index contributed by atoms with van der Waals surface area (Å²) in [7, 11) is -3.44. The Hall–Kier alpha value is -1.67. The zero-order valence-electron chi connectivity index (χ0n) is 14.6. The van der Waals surface area contributed by atoms with E-state index in [1.54, 1.807) is 12.1 Å². The van der Waals surface area contributed by atoms with Crippen LogP contribution in [0.25, 0.3) is 0 Å². The maximum atomic E-state index is 12.5. The number of nitrogens with one attached hydrogen (secondary N) is 3. The highest BCUT2D eigenvalue weighted by molar-refractivity contribution is 7.89. The third-order valence-electron chi connectivity index (χ3n) is 3.69. The lowest BCUT2D eigenvalue weighted by Crippen LogP contribution is -2.43. The fourth-order valence-corrected chi connectivity index (χ4v) is 4.06. The normalized spacial score (nSPS) is 16.6. The minimum Gasteiger partial charge on any atom is -0.348 e. The summed E-state index contributed by atoms with van der Waals surface area (Å²) in [6.45, 7) is 7.02. The molecular formula is C16H27N4O3S+. The van der Waals surface area contributed by atoms with Gasteiger partial charge >= 0.3 is 0 Å². The predicted octanol–water partition coefficient (Wildman–Crippen LogP) is 1.00. The number of amides is 1. The molecule has 1 saturated heterocycles. The second kappa shape index (κ2) is 7.48. The predicted molar refractivity (Wildman–Crippen MR) is 92.0 cm³/mol. The minimum atomic E-state index is -3.44. The first-order valence-electron chi connectivity index (χ1n) is 8.25. The summed E-state index contributed by atoms with van der Waals surface area (Å²) in [5.74, 6) is 0.470. The van der Waals surface area contributed by atoms with Crippen LogP contribution in [0.3, 0.4) is 0 Å². The summed E-state index contributed by atoms with van der Waals surface area (Å²) in [5, 5.41) is 5.80. The van der Waals surface area contributed by atoms with Crippen LogP contribution >= 0.6 is 0 Å². The van der Waals surface area contributed by atoms with Gasteiger partial charge in [-0.25, -0.2) is 13.4 Å². The van der Waals surface area contributed by atoms with Gasteiger partial charge in [-0.15, -0.1) is 0 Å². The van der Waals surface area contributed by atoms with E-state index in [9.17, 15) is 13.2 Å². The number of hydrogen-bond acceptors (Lipinski definition) is 4. The highest BCUT2D eigenvalue weighted by atomic mass is 32.2.